The molecule has 1 saturated heterocycles. The lowest BCUT2D eigenvalue weighted by Crippen LogP contribution is -2.49. The van der Waals surface area contributed by atoms with Gasteiger partial charge in [-0.1, -0.05) is 0 Å². The van der Waals surface area contributed by atoms with Crippen LogP contribution in [0.25, 0.3) is 0 Å². The lowest BCUT2D eigenvalue weighted by molar-refractivity contribution is 0.0252. The number of guanidine groups is 1. The minimum absolute atomic E-state index is 0.100. The molecule has 10 heteroatoms. The second kappa shape index (κ2) is 9.22. The van der Waals surface area contributed by atoms with Crippen molar-refractivity contribution in [2.45, 2.75) is 58.9 Å². The molecule has 158 valence electrons. The molecule has 2 atom stereocenters. The molecule has 0 saturated carbocycles. The van der Waals surface area contributed by atoms with Crippen molar-refractivity contribution in [3.05, 3.63) is 11.6 Å². The molecular formula is C18H33N7O3. The third-order valence-electron chi connectivity index (χ3n) is 4.45. The van der Waals surface area contributed by atoms with E-state index in [4.69, 9.17) is 9.47 Å². The van der Waals surface area contributed by atoms with Crippen LogP contribution in [0.4, 0.5) is 4.79 Å². The van der Waals surface area contributed by atoms with Crippen LogP contribution in [0.5, 0.6) is 0 Å². The van der Waals surface area contributed by atoms with Crippen LogP contribution in [-0.2, 0) is 23.1 Å². The average Bonchev–Trinajstić information content (AvgIpc) is 3.16. The number of carbonyl (C=O) groups is 1. The maximum Gasteiger partial charge on any atom is 0.410 e. The van der Waals surface area contributed by atoms with Crippen molar-refractivity contribution in [2.24, 2.45) is 12.0 Å². The topological polar surface area (TPSA) is 106 Å². The fourth-order valence-electron chi connectivity index (χ4n) is 2.86. The Kier molecular flexibility index (Phi) is 7.22. The summed E-state index contributed by atoms with van der Waals surface area (Å²) in [5, 5.41) is 14.8. The lowest BCUT2D eigenvalue weighted by Gasteiger charge is -2.24. The van der Waals surface area contributed by atoms with Crippen LogP contribution in [0.15, 0.2) is 4.99 Å². The first kappa shape index (κ1) is 21.9. The molecule has 1 aliphatic heterocycles. The number of hydrogen-bond acceptors (Lipinski definition) is 6. The highest BCUT2D eigenvalue weighted by molar-refractivity contribution is 5.80. The Hall–Kier alpha value is -2.36. The molecule has 1 aromatic rings. The van der Waals surface area contributed by atoms with E-state index in [1.165, 1.54) is 0 Å². The fraction of sp³-hybridized carbons (Fsp3) is 0.778. The zero-order valence-electron chi connectivity index (χ0n) is 17.9. The third kappa shape index (κ3) is 5.82. The second-order valence-corrected chi connectivity index (χ2v) is 7.83. The molecule has 2 N–H and O–H groups in total. The van der Waals surface area contributed by atoms with Crippen molar-refractivity contribution < 1.29 is 14.3 Å². The molecule has 1 amide bonds. The highest BCUT2D eigenvalue weighted by atomic mass is 16.6. The Labute approximate surface area is 166 Å². The van der Waals surface area contributed by atoms with E-state index >= 15 is 0 Å². The van der Waals surface area contributed by atoms with E-state index in [0.29, 0.717) is 32.1 Å². The summed E-state index contributed by atoms with van der Waals surface area (Å²) in [7, 11) is 3.56. The van der Waals surface area contributed by atoms with E-state index in [9.17, 15) is 4.79 Å². The molecule has 10 nitrogen and oxygen atoms in total. The van der Waals surface area contributed by atoms with Gasteiger partial charge in [-0.2, -0.15) is 0 Å². The van der Waals surface area contributed by atoms with Crippen molar-refractivity contribution in [3.8, 4) is 0 Å². The summed E-state index contributed by atoms with van der Waals surface area (Å²) in [6.07, 6.45) is -0.496. The molecule has 2 heterocycles. The first-order valence-corrected chi connectivity index (χ1v) is 9.55. The Balaban J connectivity index is 2.05. The van der Waals surface area contributed by atoms with Gasteiger partial charge in [0.25, 0.3) is 0 Å². The minimum Gasteiger partial charge on any atom is -0.444 e. The molecular weight excluding hydrogens is 362 g/mol. The Morgan fingerprint density at radius 2 is 2.04 bits per heavy atom. The molecule has 0 bridgehead atoms. The van der Waals surface area contributed by atoms with Gasteiger partial charge in [0.05, 0.1) is 18.7 Å². The van der Waals surface area contributed by atoms with Crippen molar-refractivity contribution in [1.29, 1.82) is 0 Å². The smallest absolute Gasteiger partial charge is 0.410 e. The molecule has 1 unspecified atom stereocenters. The number of rotatable bonds is 5. The quantitative estimate of drug-likeness (QED) is 0.561. The zero-order chi connectivity index (χ0) is 20.9. The number of ether oxygens (including phenoxy) is 2. The van der Waals surface area contributed by atoms with Gasteiger partial charge in [0.15, 0.2) is 11.8 Å². The summed E-state index contributed by atoms with van der Waals surface area (Å²) in [6, 6.07) is -0.100. The van der Waals surface area contributed by atoms with E-state index in [1.54, 1.807) is 12.0 Å². The van der Waals surface area contributed by atoms with Gasteiger partial charge in [0.2, 0.25) is 0 Å². The van der Waals surface area contributed by atoms with E-state index < -0.39 is 5.60 Å². The number of methoxy groups -OCH3 is 1. The number of hydrogen-bond donors (Lipinski definition) is 2. The highest BCUT2D eigenvalue weighted by Gasteiger charge is 2.37. The standard InChI is InChI=1S/C18H33N7O3/c1-8-19-16(20-9-15-23-22-12(2)24(15)6)21-13-10-25(11-14(13)27-7)17(26)28-18(3,4)5/h13-14H,8-11H2,1-7H3,(H2,19,20,21)/t13?,14-/m0/s1. The molecule has 28 heavy (non-hydrogen) atoms. The van der Waals surface area contributed by atoms with E-state index in [-0.39, 0.29) is 18.2 Å². The van der Waals surface area contributed by atoms with E-state index in [2.05, 4.69) is 25.8 Å². The Bertz CT molecular complexity index is 696. The van der Waals surface area contributed by atoms with Gasteiger partial charge in [-0.05, 0) is 34.6 Å². The first-order valence-electron chi connectivity index (χ1n) is 9.55. The van der Waals surface area contributed by atoms with Crippen LogP contribution >= 0.6 is 0 Å². The maximum atomic E-state index is 12.4. The number of nitrogens with one attached hydrogen (secondary N) is 2. The van der Waals surface area contributed by atoms with Crippen LogP contribution in [0.2, 0.25) is 0 Å². The zero-order valence-corrected chi connectivity index (χ0v) is 17.9. The third-order valence-corrected chi connectivity index (χ3v) is 4.45. The van der Waals surface area contributed by atoms with Gasteiger partial charge in [0.1, 0.15) is 18.0 Å². The van der Waals surface area contributed by atoms with Gasteiger partial charge in [-0.15, -0.1) is 10.2 Å². The molecule has 2 rings (SSSR count). The second-order valence-electron chi connectivity index (χ2n) is 7.83. The normalized spacial score (nSPS) is 20.4. The SMILES string of the molecule is CCNC(=NCc1nnc(C)n1C)NC1CN(C(=O)OC(C)(C)C)C[C@@H]1OC. The Morgan fingerprint density at radius 1 is 1.32 bits per heavy atom. The van der Waals surface area contributed by atoms with E-state index in [0.717, 1.165) is 11.6 Å². The molecule has 0 spiro atoms. The van der Waals surface area contributed by atoms with Crippen LogP contribution in [0.1, 0.15) is 39.3 Å². The molecule has 0 aliphatic carbocycles. The number of likely N-dealkylation sites (tertiary alicyclic amines) is 1. The van der Waals surface area contributed by atoms with Crippen LogP contribution in [0.3, 0.4) is 0 Å². The maximum absolute atomic E-state index is 12.4. The van der Waals surface area contributed by atoms with E-state index in [1.807, 2.05) is 46.2 Å². The van der Waals surface area contributed by atoms with Gasteiger partial charge in [-0.25, -0.2) is 9.79 Å². The molecule has 1 fully saturated rings. The number of amides is 1. The predicted octanol–water partition coefficient (Wildman–Crippen LogP) is 0.813. The van der Waals surface area contributed by atoms with Crippen LogP contribution in [-0.4, -0.2) is 76.2 Å². The van der Waals surface area contributed by atoms with Gasteiger partial charge in [0, 0.05) is 27.2 Å². The van der Waals surface area contributed by atoms with Crippen molar-refractivity contribution in [3.63, 3.8) is 0 Å². The van der Waals surface area contributed by atoms with Crippen molar-refractivity contribution in [1.82, 2.24) is 30.3 Å². The average molecular weight is 396 g/mol. The highest BCUT2D eigenvalue weighted by Crippen LogP contribution is 2.17. The molecule has 1 aliphatic rings. The molecule has 0 radical (unpaired) electrons. The van der Waals surface area contributed by atoms with Crippen LogP contribution < -0.4 is 10.6 Å². The van der Waals surface area contributed by atoms with Crippen LogP contribution in [0, 0.1) is 6.92 Å². The number of aliphatic imine (C=N–C) groups is 1. The Morgan fingerprint density at radius 3 is 2.57 bits per heavy atom. The number of nitrogens with zero attached hydrogens (tertiary/aromatic N) is 5. The number of aryl methyl sites for hydroxylation is 1. The summed E-state index contributed by atoms with van der Waals surface area (Å²) >= 11 is 0. The van der Waals surface area contributed by atoms with Gasteiger partial charge >= 0.3 is 6.09 Å². The van der Waals surface area contributed by atoms with Gasteiger partial charge < -0.3 is 29.6 Å². The van der Waals surface area contributed by atoms with Crippen molar-refractivity contribution in [2.75, 3.05) is 26.7 Å². The number of carbonyl (C=O) groups excluding carboxylic acids is 1. The monoisotopic (exact) mass is 395 g/mol. The van der Waals surface area contributed by atoms with Crippen molar-refractivity contribution >= 4 is 12.1 Å². The largest absolute Gasteiger partial charge is 0.444 e. The summed E-state index contributed by atoms with van der Waals surface area (Å²) in [5.41, 5.74) is -0.532. The first-order chi connectivity index (χ1) is 13.1. The summed E-state index contributed by atoms with van der Waals surface area (Å²) in [4.78, 5) is 18.6. The summed E-state index contributed by atoms with van der Waals surface area (Å²) in [6.45, 7) is 11.5. The van der Waals surface area contributed by atoms with Gasteiger partial charge in [-0.3, -0.25) is 0 Å². The predicted molar refractivity (Wildman–Crippen MR) is 106 cm³/mol. The summed E-state index contributed by atoms with van der Waals surface area (Å²) < 4.78 is 13.0. The molecule has 1 aromatic heterocycles. The summed E-state index contributed by atoms with van der Waals surface area (Å²) in [5.74, 6) is 2.26. The number of aromatic nitrogens is 3. The fourth-order valence-corrected chi connectivity index (χ4v) is 2.86. The molecule has 0 aromatic carbocycles. The minimum atomic E-state index is -0.532. The lowest BCUT2D eigenvalue weighted by atomic mass is 10.2.